The van der Waals surface area contributed by atoms with Crippen LogP contribution in [0.25, 0.3) is 10.1 Å². The first-order valence-electron chi connectivity index (χ1n) is 5.16. The number of methoxy groups -OCH3 is 1. The van der Waals surface area contributed by atoms with Crippen molar-refractivity contribution in [3.05, 3.63) is 28.6 Å². The number of carbonyl (C=O) groups is 1. The van der Waals surface area contributed by atoms with E-state index >= 15 is 0 Å². The minimum Gasteiger partial charge on any atom is -0.465 e. The molecule has 2 nitrogen and oxygen atoms in total. The van der Waals surface area contributed by atoms with Crippen LogP contribution >= 0.6 is 11.3 Å². The molecule has 18 heavy (non-hydrogen) atoms. The van der Waals surface area contributed by atoms with E-state index in [0.29, 0.717) is 10.9 Å². The van der Waals surface area contributed by atoms with Crippen molar-refractivity contribution in [2.75, 3.05) is 7.11 Å². The van der Waals surface area contributed by atoms with Crippen molar-refractivity contribution in [3.8, 4) is 0 Å². The lowest BCUT2D eigenvalue weighted by molar-refractivity contribution is 0.0605. The van der Waals surface area contributed by atoms with E-state index in [1.807, 2.05) is 0 Å². The van der Waals surface area contributed by atoms with Crippen LogP contribution in [0.1, 0.15) is 15.2 Å². The van der Waals surface area contributed by atoms with Crippen LogP contribution in [0.3, 0.4) is 0 Å². The van der Waals surface area contributed by atoms with Crippen LogP contribution in [-0.2, 0) is 4.74 Å². The third-order valence-corrected chi connectivity index (χ3v) is 4.05. The molecule has 0 bridgehead atoms. The summed E-state index contributed by atoms with van der Waals surface area (Å²) in [5, 5.41) is 0.456. The molecular formula is C11H9BF3O2S-. The lowest BCUT2D eigenvalue weighted by Crippen LogP contribution is -2.33. The van der Waals surface area contributed by atoms with Gasteiger partial charge < -0.3 is 17.7 Å². The van der Waals surface area contributed by atoms with Crippen molar-refractivity contribution < 1.29 is 22.5 Å². The number of fused-ring (bicyclic) bond motifs is 1. The van der Waals surface area contributed by atoms with Crippen molar-refractivity contribution in [1.29, 1.82) is 0 Å². The fraction of sp³-hybridized carbons (Fsp3) is 0.182. The summed E-state index contributed by atoms with van der Waals surface area (Å²) in [4.78, 5) is 11.7. The van der Waals surface area contributed by atoms with E-state index in [-0.39, 0.29) is 9.58 Å². The Labute approximate surface area is 105 Å². The van der Waals surface area contributed by atoms with Crippen LogP contribution in [0, 0.1) is 6.92 Å². The number of carbonyl (C=O) groups excluding carboxylic acids is 1. The van der Waals surface area contributed by atoms with E-state index in [2.05, 4.69) is 4.74 Å². The lowest BCUT2D eigenvalue weighted by atomic mass is 9.79. The second-order valence-corrected chi connectivity index (χ2v) is 4.87. The summed E-state index contributed by atoms with van der Waals surface area (Å²) in [5.74, 6) is -0.602. The molecule has 0 saturated heterocycles. The van der Waals surface area contributed by atoms with Gasteiger partial charge in [0.25, 0.3) is 0 Å². The molecule has 0 aliphatic heterocycles. The highest BCUT2D eigenvalue weighted by Crippen LogP contribution is 2.31. The van der Waals surface area contributed by atoms with Crippen LogP contribution in [0.5, 0.6) is 0 Å². The Balaban J connectivity index is 2.76. The number of aryl methyl sites for hydroxylation is 1. The summed E-state index contributed by atoms with van der Waals surface area (Å²) in [6, 6.07) is 3.98. The van der Waals surface area contributed by atoms with Gasteiger partial charge in [-0.1, -0.05) is 23.7 Å². The van der Waals surface area contributed by atoms with Crippen LogP contribution in [0.15, 0.2) is 18.2 Å². The first kappa shape index (κ1) is 12.9. The molecule has 1 aromatic carbocycles. The van der Waals surface area contributed by atoms with Gasteiger partial charge in [-0.15, -0.1) is 11.3 Å². The van der Waals surface area contributed by atoms with E-state index < -0.39 is 18.4 Å². The second kappa shape index (κ2) is 4.31. The molecule has 0 aliphatic carbocycles. The Morgan fingerprint density at radius 1 is 1.33 bits per heavy atom. The predicted octanol–water partition coefficient (Wildman–Crippen LogP) is 3.05. The number of hydrogen-bond donors (Lipinski definition) is 0. The number of ether oxygens (including phenoxy) is 1. The fourth-order valence-electron chi connectivity index (χ4n) is 1.81. The number of hydrogen-bond acceptors (Lipinski definition) is 3. The molecule has 0 atom stereocenters. The SMILES string of the molecule is COC(=O)c1sc2c([B-](F)(F)F)cccc2c1C. The third-order valence-electron chi connectivity index (χ3n) is 2.72. The van der Waals surface area contributed by atoms with E-state index in [1.165, 1.54) is 13.2 Å². The minimum atomic E-state index is -5.09. The molecule has 0 N–H and O–H groups in total. The standard InChI is InChI=1S/C11H9BF3O2S/c1-6-7-4-3-5-8(12(13,14)15)10(7)18-9(6)11(16)17-2/h3-5H,1-2H3/q-1. The highest BCUT2D eigenvalue weighted by molar-refractivity contribution is 7.22. The molecule has 0 saturated carbocycles. The Hall–Kier alpha value is -1.50. The zero-order valence-electron chi connectivity index (χ0n) is 9.67. The molecule has 0 unspecified atom stereocenters. The Bertz CT molecular complexity index is 619. The van der Waals surface area contributed by atoms with E-state index in [1.54, 1.807) is 13.0 Å². The maximum Gasteiger partial charge on any atom is 0.511 e. The summed E-state index contributed by atoms with van der Waals surface area (Å²) in [6.45, 7) is -3.46. The van der Waals surface area contributed by atoms with Gasteiger partial charge in [0.05, 0.1) is 7.11 Å². The Morgan fingerprint density at radius 3 is 2.56 bits per heavy atom. The molecule has 0 aliphatic rings. The van der Waals surface area contributed by atoms with Gasteiger partial charge in [-0.2, -0.15) is 0 Å². The highest BCUT2D eigenvalue weighted by Gasteiger charge is 2.29. The maximum atomic E-state index is 12.9. The molecule has 2 rings (SSSR count). The zero-order valence-corrected chi connectivity index (χ0v) is 10.5. The number of rotatable bonds is 2. The van der Waals surface area contributed by atoms with Crippen LogP contribution in [0.2, 0.25) is 0 Å². The lowest BCUT2D eigenvalue weighted by Gasteiger charge is -2.15. The normalized spacial score (nSPS) is 11.8. The molecule has 0 fully saturated rings. The van der Waals surface area contributed by atoms with E-state index in [0.717, 1.165) is 17.4 Å². The zero-order chi connectivity index (χ0) is 13.5. The molecule has 0 radical (unpaired) electrons. The molecule has 7 heteroatoms. The topological polar surface area (TPSA) is 26.3 Å². The number of benzene rings is 1. The van der Waals surface area contributed by atoms with Crippen molar-refractivity contribution in [2.24, 2.45) is 0 Å². The van der Waals surface area contributed by atoms with Crippen molar-refractivity contribution in [1.82, 2.24) is 0 Å². The van der Waals surface area contributed by atoms with Crippen molar-refractivity contribution in [2.45, 2.75) is 6.92 Å². The molecular weight excluding hydrogens is 264 g/mol. The average molecular weight is 273 g/mol. The summed E-state index contributed by atoms with van der Waals surface area (Å²) in [5.41, 5.74) is -0.125. The molecule has 0 amide bonds. The smallest absolute Gasteiger partial charge is 0.465 e. The summed E-state index contributed by atoms with van der Waals surface area (Å²) < 4.78 is 43.4. The number of thiophene rings is 1. The molecule has 2 aromatic rings. The molecule has 96 valence electrons. The van der Waals surface area contributed by atoms with Gasteiger partial charge >= 0.3 is 12.9 Å². The first-order valence-corrected chi connectivity index (χ1v) is 5.98. The van der Waals surface area contributed by atoms with Gasteiger partial charge in [0.15, 0.2) is 0 Å². The molecule has 0 spiro atoms. The minimum absolute atomic E-state index is 0.0999. The van der Waals surface area contributed by atoms with Crippen LogP contribution in [0.4, 0.5) is 12.9 Å². The summed E-state index contributed by atoms with van der Waals surface area (Å²) in [7, 11) is 1.21. The Kier molecular flexibility index (Phi) is 3.10. The molecule has 1 heterocycles. The summed E-state index contributed by atoms with van der Waals surface area (Å²) >= 11 is 0.831. The molecule has 1 aromatic heterocycles. The highest BCUT2D eigenvalue weighted by atomic mass is 32.1. The van der Waals surface area contributed by atoms with Gasteiger partial charge in [0, 0.05) is 4.70 Å². The largest absolute Gasteiger partial charge is 0.511 e. The van der Waals surface area contributed by atoms with Gasteiger partial charge in [-0.25, -0.2) is 4.79 Å². The van der Waals surface area contributed by atoms with Gasteiger partial charge in [0.2, 0.25) is 0 Å². The summed E-state index contributed by atoms with van der Waals surface area (Å²) in [6.07, 6.45) is 0. The first-order chi connectivity index (χ1) is 8.36. The predicted molar refractivity (Wildman–Crippen MR) is 66.6 cm³/mol. The number of esters is 1. The van der Waals surface area contributed by atoms with Gasteiger partial charge in [-0.05, 0) is 17.9 Å². The quantitative estimate of drug-likeness (QED) is 0.621. The van der Waals surface area contributed by atoms with E-state index in [9.17, 15) is 17.7 Å². The van der Waals surface area contributed by atoms with Gasteiger partial charge in [-0.3, -0.25) is 0 Å². The van der Waals surface area contributed by atoms with Crippen molar-refractivity contribution >= 4 is 39.8 Å². The van der Waals surface area contributed by atoms with Crippen LogP contribution in [-0.4, -0.2) is 20.1 Å². The fourth-order valence-corrected chi connectivity index (χ4v) is 3.09. The maximum absolute atomic E-state index is 12.9. The monoisotopic (exact) mass is 273 g/mol. The third kappa shape index (κ3) is 1.99. The number of halogens is 3. The Morgan fingerprint density at radius 2 is 2.00 bits per heavy atom. The van der Waals surface area contributed by atoms with E-state index in [4.69, 9.17) is 0 Å². The van der Waals surface area contributed by atoms with Crippen molar-refractivity contribution in [3.63, 3.8) is 0 Å². The average Bonchev–Trinajstić information content (AvgIpc) is 2.65. The van der Waals surface area contributed by atoms with Crippen LogP contribution < -0.4 is 5.46 Å². The van der Waals surface area contributed by atoms with Gasteiger partial charge in [0.1, 0.15) is 4.88 Å². The second-order valence-electron chi connectivity index (χ2n) is 3.85.